The van der Waals surface area contributed by atoms with E-state index in [1.54, 1.807) is 23.1 Å². The summed E-state index contributed by atoms with van der Waals surface area (Å²) >= 11 is 3.59. The number of benzene rings is 2. The molecule has 0 fully saturated rings. The first kappa shape index (κ1) is 17.7. The lowest BCUT2D eigenvalue weighted by Gasteiger charge is -2.12. The lowest BCUT2D eigenvalue weighted by Crippen LogP contribution is -1.88. The Hall–Kier alpha value is -2.43. The molecule has 3 heterocycles. The molecular formula is C24H22N2S2. The van der Waals surface area contributed by atoms with Crippen LogP contribution in [0.3, 0.4) is 0 Å². The molecule has 0 saturated heterocycles. The van der Waals surface area contributed by atoms with E-state index in [2.05, 4.69) is 85.1 Å². The molecule has 5 aromatic rings. The highest BCUT2D eigenvalue weighted by atomic mass is 32.2. The second-order valence-corrected chi connectivity index (χ2v) is 8.98. The molecule has 3 aromatic heterocycles. The highest BCUT2D eigenvalue weighted by molar-refractivity contribution is 8.07. The van der Waals surface area contributed by atoms with Crippen LogP contribution >= 0.6 is 23.1 Å². The fourth-order valence-electron chi connectivity index (χ4n) is 4.45. The van der Waals surface area contributed by atoms with Gasteiger partial charge in [0.25, 0.3) is 0 Å². The molecule has 0 unspecified atom stereocenters. The maximum absolute atomic E-state index is 3.52. The van der Waals surface area contributed by atoms with Crippen LogP contribution in [0.2, 0.25) is 0 Å². The van der Waals surface area contributed by atoms with Crippen molar-refractivity contribution in [2.24, 2.45) is 0 Å². The number of H-pyrrole nitrogens is 2. The Balaban J connectivity index is 1.88. The number of allylic oxidation sites excluding steroid dienone is 1. The van der Waals surface area contributed by atoms with Gasteiger partial charge < -0.3 is 9.97 Å². The van der Waals surface area contributed by atoms with Crippen molar-refractivity contribution in [1.82, 2.24) is 9.97 Å². The number of aromatic nitrogens is 2. The van der Waals surface area contributed by atoms with Gasteiger partial charge in [-0.1, -0.05) is 12.1 Å². The lowest BCUT2D eigenvalue weighted by atomic mass is 9.93. The van der Waals surface area contributed by atoms with Gasteiger partial charge in [0.2, 0.25) is 0 Å². The largest absolute Gasteiger partial charge is 0.360 e. The van der Waals surface area contributed by atoms with Crippen molar-refractivity contribution in [1.29, 1.82) is 0 Å². The summed E-state index contributed by atoms with van der Waals surface area (Å²) in [4.78, 5) is 9.67. The molecule has 0 aliphatic carbocycles. The van der Waals surface area contributed by atoms with E-state index < -0.39 is 0 Å². The number of hydrogen-bond donors (Lipinski definition) is 2. The van der Waals surface area contributed by atoms with Gasteiger partial charge in [0.1, 0.15) is 0 Å². The van der Waals surface area contributed by atoms with Gasteiger partial charge in [0.05, 0.1) is 0 Å². The molecule has 0 aliphatic heterocycles. The van der Waals surface area contributed by atoms with Crippen molar-refractivity contribution in [3.63, 3.8) is 0 Å². The normalized spacial score (nSPS) is 12.6. The molecule has 0 saturated carbocycles. The van der Waals surface area contributed by atoms with Crippen LogP contribution in [0.1, 0.15) is 23.6 Å². The standard InChI is InChI=1S/C24H22N2S2/c1-5-21(27-4)17-11-25-19-9-16-14(3)24-18(22-7-6-8-28-22)12-26-20(24)10-15(16)13(2)23(17)19/h5-12,25-26H,1-4H3/b21-5-. The van der Waals surface area contributed by atoms with Crippen molar-refractivity contribution in [3.8, 4) is 10.4 Å². The highest BCUT2D eigenvalue weighted by Crippen LogP contribution is 2.41. The zero-order chi connectivity index (χ0) is 19.4. The molecule has 140 valence electrons. The Morgan fingerprint density at radius 1 is 1.00 bits per heavy atom. The van der Waals surface area contributed by atoms with Crippen LogP contribution < -0.4 is 0 Å². The van der Waals surface area contributed by atoms with Crippen LogP contribution in [0.25, 0.3) is 47.9 Å². The van der Waals surface area contributed by atoms with Crippen LogP contribution in [0.5, 0.6) is 0 Å². The van der Waals surface area contributed by atoms with Crippen LogP contribution in [0.4, 0.5) is 0 Å². The van der Waals surface area contributed by atoms with E-state index in [0.29, 0.717) is 0 Å². The summed E-state index contributed by atoms with van der Waals surface area (Å²) in [5.41, 5.74) is 7.71. The van der Waals surface area contributed by atoms with E-state index in [-0.39, 0.29) is 0 Å². The highest BCUT2D eigenvalue weighted by Gasteiger charge is 2.17. The minimum absolute atomic E-state index is 1.21. The molecule has 0 aliphatic rings. The van der Waals surface area contributed by atoms with E-state index in [4.69, 9.17) is 0 Å². The van der Waals surface area contributed by atoms with Crippen molar-refractivity contribution in [2.45, 2.75) is 20.8 Å². The molecule has 0 amide bonds. The molecule has 0 radical (unpaired) electrons. The molecular weight excluding hydrogens is 380 g/mol. The smallest absolute Gasteiger partial charge is 0.0469 e. The summed E-state index contributed by atoms with van der Waals surface area (Å²) in [5.74, 6) is 0. The molecule has 2 nitrogen and oxygen atoms in total. The van der Waals surface area contributed by atoms with Crippen LogP contribution in [0.15, 0.2) is 48.1 Å². The number of thiophene rings is 1. The van der Waals surface area contributed by atoms with E-state index >= 15 is 0 Å². The molecule has 0 spiro atoms. The fraction of sp³-hybridized carbons (Fsp3) is 0.167. The summed E-state index contributed by atoms with van der Waals surface area (Å²) < 4.78 is 0. The number of thioether (sulfide) groups is 1. The number of rotatable bonds is 3. The number of aromatic amines is 2. The molecule has 28 heavy (non-hydrogen) atoms. The Kier molecular flexibility index (Phi) is 4.14. The van der Waals surface area contributed by atoms with Gasteiger partial charge >= 0.3 is 0 Å². The van der Waals surface area contributed by atoms with Crippen molar-refractivity contribution >= 4 is 60.6 Å². The van der Waals surface area contributed by atoms with E-state index in [0.717, 1.165) is 0 Å². The van der Waals surface area contributed by atoms with Crippen LogP contribution in [0, 0.1) is 13.8 Å². The van der Waals surface area contributed by atoms with E-state index in [1.165, 1.54) is 64.6 Å². The maximum atomic E-state index is 3.52. The second-order valence-electron chi connectivity index (χ2n) is 7.18. The predicted molar refractivity (Wildman–Crippen MR) is 128 cm³/mol. The zero-order valence-electron chi connectivity index (χ0n) is 16.4. The third kappa shape index (κ3) is 2.41. The summed E-state index contributed by atoms with van der Waals surface area (Å²) in [6.45, 7) is 6.62. The third-order valence-electron chi connectivity index (χ3n) is 5.78. The van der Waals surface area contributed by atoms with Gasteiger partial charge in [-0.05, 0) is 72.5 Å². The summed E-state index contributed by atoms with van der Waals surface area (Å²) in [6.07, 6.45) is 8.65. The molecule has 0 atom stereocenters. The fourth-order valence-corrected chi connectivity index (χ4v) is 5.82. The summed E-state index contributed by atoms with van der Waals surface area (Å²) in [5, 5.41) is 7.46. The summed E-state index contributed by atoms with van der Waals surface area (Å²) in [6, 6.07) is 8.97. The van der Waals surface area contributed by atoms with Crippen molar-refractivity contribution in [2.75, 3.05) is 6.26 Å². The van der Waals surface area contributed by atoms with E-state index in [9.17, 15) is 0 Å². The van der Waals surface area contributed by atoms with E-state index in [1.807, 2.05) is 0 Å². The lowest BCUT2D eigenvalue weighted by molar-refractivity contribution is 1.46. The van der Waals surface area contributed by atoms with Crippen LogP contribution in [-0.2, 0) is 0 Å². The minimum Gasteiger partial charge on any atom is -0.360 e. The molecule has 4 heteroatoms. The summed E-state index contributed by atoms with van der Waals surface area (Å²) in [7, 11) is 0. The zero-order valence-corrected chi connectivity index (χ0v) is 18.1. The Morgan fingerprint density at radius 2 is 1.68 bits per heavy atom. The molecule has 0 bridgehead atoms. The van der Waals surface area contributed by atoms with Crippen molar-refractivity contribution in [3.05, 3.63) is 64.8 Å². The third-order valence-corrected chi connectivity index (χ3v) is 7.58. The van der Waals surface area contributed by atoms with Gasteiger partial charge in [0.15, 0.2) is 0 Å². The molecule has 5 rings (SSSR count). The Labute approximate surface area is 172 Å². The first-order valence-electron chi connectivity index (χ1n) is 9.43. The number of nitrogens with one attached hydrogen (secondary N) is 2. The average Bonchev–Trinajstić information content (AvgIpc) is 3.43. The average molecular weight is 403 g/mol. The van der Waals surface area contributed by atoms with Gasteiger partial charge in [-0.2, -0.15) is 0 Å². The first-order valence-corrected chi connectivity index (χ1v) is 11.5. The maximum Gasteiger partial charge on any atom is 0.0469 e. The SMILES string of the molecule is C/C=C(\SC)c1c[nH]c2cc3c(C)c4c(-c5cccs5)c[nH]c4cc3c(C)c12. The predicted octanol–water partition coefficient (Wildman–Crippen LogP) is 7.87. The topological polar surface area (TPSA) is 31.6 Å². The molecule has 2 N–H and O–H groups in total. The minimum atomic E-state index is 1.21. The molecule has 2 aromatic carbocycles. The Bertz CT molecular complexity index is 1360. The van der Waals surface area contributed by atoms with Crippen molar-refractivity contribution < 1.29 is 0 Å². The van der Waals surface area contributed by atoms with Gasteiger partial charge in [-0.3, -0.25) is 0 Å². The van der Waals surface area contributed by atoms with Crippen LogP contribution in [-0.4, -0.2) is 16.2 Å². The van der Waals surface area contributed by atoms with Gasteiger partial charge in [-0.25, -0.2) is 0 Å². The monoisotopic (exact) mass is 402 g/mol. The number of hydrogen-bond acceptors (Lipinski definition) is 2. The second kappa shape index (κ2) is 6.57. The number of fused-ring (bicyclic) bond motifs is 3. The first-order chi connectivity index (χ1) is 13.6. The van der Waals surface area contributed by atoms with Gasteiger partial charge in [0, 0.05) is 55.1 Å². The number of aryl methyl sites for hydroxylation is 2. The quantitative estimate of drug-likeness (QED) is 0.316. The van der Waals surface area contributed by atoms with Gasteiger partial charge in [-0.15, -0.1) is 23.1 Å². The Morgan fingerprint density at radius 3 is 2.32 bits per heavy atom.